The minimum Gasteiger partial charge on any atom is -0.489 e. The van der Waals surface area contributed by atoms with E-state index in [0.717, 1.165) is 28.5 Å². The van der Waals surface area contributed by atoms with E-state index in [0.29, 0.717) is 11.3 Å². The van der Waals surface area contributed by atoms with Gasteiger partial charge in [-0.25, -0.2) is 13.8 Å². The van der Waals surface area contributed by atoms with Crippen molar-refractivity contribution in [3.05, 3.63) is 83.9 Å². The van der Waals surface area contributed by atoms with Crippen molar-refractivity contribution in [3.63, 3.8) is 0 Å². The van der Waals surface area contributed by atoms with Gasteiger partial charge in [-0.3, -0.25) is 0 Å². The summed E-state index contributed by atoms with van der Waals surface area (Å²) in [6.07, 6.45) is 0. The summed E-state index contributed by atoms with van der Waals surface area (Å²) in [6.45, 7) is 0.0378. The summed E-state index contributed by atoms with van der Waals surface area (Å²) >= 11 is 0. The van der Waals surface area contributed by atoms with E-state index in [2.05, 4.69) is 9.97 Å². The van der Waals surface area contributed by atoms with Crippen molar-refractivity contribution in [2.45, 2.75) is 6.61 Å². The van der Waals surface area contributed by atoms with E-state index in [1.165, 1.54) is 12.1 Å². The molecular formula is C20H14F2N2O. The lowest BCUT2D eigenvalue weighted by Crippen LogP contribution is -1.99. The van der Waals surface area contributed by atoms with Crippen LogP contribution in [0.3, 0.4) is 0 Å². The van der Waals surface area contributed by atoms with Gasteiger partial charge < -0.3 is 9.72 Å². The maximum atomic E-state index is 13.6. The predicted molar refractivity (Wildman–Crippen MR) is 92.2 cm³/mol. The summed E-state index contributed by atoms with van der Waals surface area (Å²) in [5, 5.41) is 0. The molecule has 25 heavy (non-hydrogen) atoms. The molecule has 3 nitrogen and oxygen atoms in total. The van der Waals surface area contributed by atoms with Crippen LogP contribution in [0.5, 0.6) is 5.75 Å². The van der Waals surface area contributed by atoms with Gasteiger partial charge in [0.1, 0.15) is 29.8 Å². The van der Waals surface area contributed by atoms with Crippen LogP contribution >= 0.6 is 0 Å². The molecule has 124 valence electrons. The van der Waals surface area contributed by atoms with Gasteiger partial charge in [-0.15, -0.1) is 0 Å². The second-order valence-corrected chi connectivity index (χ2v) is 5.65. The molecule has 0 aliphatic heterocycles. The molecule has 0 aliphatic carbocycles. The van der Waals surface area contributed by atoms with E-state index in [-0.39, 0.29) is 6.61 Å². The number of benzene rings is 3. The molecular weight excluding hydrogens is 322 g/mol. The normalized spacial score (nSPS) is 11.0. The van der Waals surface area contributed by atoms with Crippen LogP contribution in [-0.4, -0.2) is 9.97 Å². The number of hydrogen-bond donors (Lipinski definition) is 1. The number of aromatic nitrogens is 2. The average Bonchev–Trinajstić information content (AvgIpc) is 3.05. The van der Waals surface area contributed by atoms with E-state index in [1.54, 1.807) is 12.1 Å². The van der Waals surface area contributed by atoms with Crippen molar-refractivity contribution >= 4 is 11.0 Å². The maximum absolute atomic E-state index is 13.6. The van der Waals surface area contributed by atoms with Crippen LogP contribution in [0.15, 0.2) is 66.7 Å². The number of imidazole rings is 1. The summed E-state index contributed by atoms with van der Waals surface area (Å²) in [7, 11) is 0. The number of para-hydroxylation sites is 2. The number of aromatic amines is 1. The van der Waals surface area contributed by atoms with Crippen LogP contribution in [0.4, 0.5) is 8.78 Å². The van der Waals surface area contributed by atoms with E-state index in [9.17, 15) is 8.78 Å². The molecule has 5 heteroatoms. The van der Waals surface area contributed by atoms with Crippen molar-refractivity contribution in [3.8, 4) is 17.1 Å². The molecule has 1 N–H and O–H groups in total. The highest BCUT2D eigenvalue weighted by Gasteiger charge is 2.07. The monoisotopic (exact) mass is 336 g/mol. The molecule has 1 aromatic heterocycles. The number of nitrogens with zero attached hydrogens (tertiary/aromatic N) is 1. The Balaban J connectivity index is 1.49. The zero-order chi connectivity index (χ0) is 17.2. The Morgan fingerprint density at radius 2 is 1.72 bits per heavy atom. The lowest BCUT2D eigenvalue weighted by molar-refractivity contribution is 0.299. The largest absolute Gasteiger partial charge is 0.489 e. The smallest absolute Gasteiger partial charge is 0.138 e. The lowest BCUT2D eigenvalue weighted by Gasteiger charge is -2.07. The Bertz CT molecular complexity index is 992. The molecule has 0 amide bonds. The molecule has 4 rings (SSSR count). The topological polar surface area (TPSA) is 37.9 Å². The van der Waals surface area contributed by atoms with Gasteiger partial charge in [0.05, 0.1) is 11.0 Å². The molecule has 0 aliphatic rings. The number of halogens is 2. The van der Waals surface area contributed by atoms with Crippen LogP contribution in [0.2, 0.25) is 0 Å². The van der Waals surface area contributed by atoms with Gasteiger partial charge in [-0.05, 0) is 48.5 Å². The SMILES string of the molecule is Fc1ccc(COc2ccc(-c3nc4ccccc4[nH]3)cc2)c(F)c1. The Labute approximate surface area is 142 Å². The second-order valence-electron chi connectivity index (χ2n) is 5.65. The van der Waals surface area contributed by atoms with Gasteiger partial charge in [-0.2, -0.15) is 0 Å². The molecule has 0 saturated heterocycles. The van der Waals surface area contributed by atoms with Crippen LogP contribution in [0.25, 0.3) is 22.4 Å². The number of H-pyrrole nitrogens is 1. The minimum absolute atomic E-state index is 0.0378. The van der Waals surface area contributed by atoms with Crippen molar-refractivity contribution in [2.24, 2.45) is 0 Å². The molecule has 0 spiro atoms. The van der Waals surface area contributed by atoms with E-state index < -0.39 is 11.6 Å². The number of fused-ring (bicyclic) bond motifs is 1. The average molecular weight is 336 g/mol. The Morgan fingerprint density at radius 3 is 2.48 bits per heavy atom. The predicted octanol–water partition coefficient (Wildman–Crippen LogP) is 5.09. The highest BCUT2D eigenvalue weighted by molar-refractivity contribution is 5.79. The first-order valence-electron chi connectivity index (χ1n) is 7.81. The molecule has 1 heterocycles. The molecule has 0 atom stereocenters. The Hall–Kier alpha value is -3.21. The summed E-state index contributed by atoms with van der Waals surface area (Å²) in [5.41, 5.74) is 3.12. The third kappa shape index (κ3) is 3.21. The second kappa shape index (κ2) is 6.36. The zero-order valence-electron chi connectivity index (χ0n) is 13.2. The number of rotatable bonds is 4. The van der Waals surface area contributed by atoms with Crippen molar-refractivity contribution in [1.82, 2.24) is 9.97 Å². The van der Waals surface area contributed by atoms with Crippen molar-refractivity contribution < 1.29 is 13.5 Å². The Kier molecular flexibility index (Phi) is 3.90. The third-order valence-corrected chi connectivity index (χ3v) is 3.93. The minimum atomic E-state index is -0.612. The van der Waals surface area contributed by atoms with Gasteiger partial charge in [-0.1, -0.05) is 12.1 Å². The molecule has 3 aromatic carbocycles. The van der Waals surface area contributed by atoms with E-state index in [1.807, 2.05) is 36.4 Å². The van der Waals surface area contributed by atoms with Gasteiger partial charge in [0.25, 0.3) is 0 Å². The van der Waals surface area contributed by atoms with Gasteiger partial charge in [0.2, 0.25) is 0 Å². The first kappa shape index (κ1) is 15.3. The fourth-order valence-electron chi connectivity index (χ4n) is 2.60. The van der Waals surface area contributed by atoms with E-state index in [4.69, 9.17) is 4.74 Å². The zero-order valence-corrected chi connectivity index (χ0v) is 13.2. The fraction of sp³-hybridized carbons (Fsp3) is 0.0500. The van der Waals surface area contributed by atoms with Crippen LogP contribution in [0.1, 0.15) is 5.56 Å². The summed E-state index contributed by atoms with van der Waals surface area (Å²) in [5.74, 6) is 0.163. The summed E-state index contributed by atoms with van der Waals surface area (Å²) in [4.78, 5) is 7.81. The summed E-state index contributed by atoms with van der Waals surface area (Å²) < 4.78 is 32.1. The first-order valence-corrected chi connectivity index (χ1v) is 7.81. The number of hydrogen-bond acceptors (Lipinski definition) is 2. The molecule has 0 bridgehead atoms. The quantitative estimate of drug-likeness (QED) is 0.564. The summed E-state index contributed by atoms with van der Waals surface area (Å²) in [6, 6.07) is 18.6. The van der Waals surface area contributed by atoms with Crippen LogP contribution in [-0.2, 0) is 6.61 Å². The van der Waals surface area contributed by atoms with E-state index >= 15 is 0 Å². The molecule has 0 unspecified atom stereocenters. The Morgan fingerprint density at radius 1 is 0.920 bits per heavy atom. The highest BCUT2D eigenvalue weighted by Crippen LogP contribution is 2.23. The van der Waals surface area contributed by atoms with Gasteiger partial charge in [0, 0.05) is 17.2 Å². The van der Waals surface area contributed by atoms with Crippen molar-refractivity contribution in [2.75, 3.05) is 0 Å². The standard InChI is InChI=1S/C20H14F2N2O/c21-15-8-5-14(17(22)11-15)12-25-16-9-6-13(7-10-16)20-23-18-3-1-2-4-19(18)24-20/h1-11H,12H2,(H,23,24). The van der Waals surface area contributed by atoms with Crippen LogP contribution < -0.4 is 4.74 Å². The molecule has 4 aromatic rings. The lowest BCUT2D eigenvalue weighted by atomic mass is 10.2. The fourth-order valence-corrected chi connectivity index (χ4v) is 2.60. The van der Waals surface area contributed by atoms with Gasteiger partial charge in [0.15, 0.2) is 0 Å². The van der Waals surface area contributed by atoms with Crippen LogP contribution in [0, 0.1) is 11.6 Å². The third-order valence-electron chi connectivity index (χ3n) is 3.93. The molecule has 0 radical (unpaired) electrons. The molecule has 0 saturated carbocycles. The first-order chi connectivity index (χ1) is 12.2. The maximum Gasteiger partial charge on any atom is 0.138 e. The van der Waals surface area contributed by atoms with Crippen molar-refractivity contribution in [1.29, 1.82) is 0 Å². The van der Waals surface area contributed by atoms with Gasteiger partial charge >= 0.3 is 0 Å². The number of nitrogens with one attached hydrogen (secondary N) is 1. The molecule has 0 fully saturated rings. The highest BCUT2D eigenvalue weighted by atomic mass is 19.1. The number of ether oxygens (including phenoxy) is 1.